The number of anilines is 2. The van der Waals surface area contributed by atoms with E-state index in [-0.39, 0.29) is 4.90 Å². The molecule has 0 aliphatic carbocycles. The Balaban J connectivity index is 1.85. The Bertz CT molecular complexity index is 1170. The lowest BCUT2D eigenvalue weighted by Crippen LogP contribution is -2.13. The van der Waals surface area contributed by atoms with Crippen LogP contribution < -0.4 is 9.44 Å². The van der Waals surface area contributed by atoms with Crippen LogP contribution in [-0.2, 0) is 20.0 Å². The van der Waals surface area contributed by atoms with Gasteiger partial charge in [-0.3, -0.25) is 9.44 Å². The first kappa shape index (κ1) is 18.2. The molecule has 0 bridgehead atoms. The minimum absolute atomic E-state index is 0.0422. The van der Waals surface area contributed by atoms with Gasteiger partial charge in [-0.2, -0.15) is 0 Å². The normalized spacial score (nSPS) is 12.1. The summed E-state index contributed by atoms with van der Waals surface area (Å²) in [7, 11) is -7.19. The molecular formula is C18H18N2O4S2. The number of rotatable bonds is 5. The fraction of sp³-hybridized carbons (Fsp3) is 0.111. The van der Waals surface area contributed by atoms with Crippen LogP contribution in [0.1, 0.15) is 5.56 Å². The van der Waals surface area contributed by atoms with Crippen molar-refractivity contribution in [2.45, 2.75) is 11.8 Å². The largest absolute Gasteiger partial charge is 0.284 e. The monoisotopic (exact) mass is 390 g/mol. The standard InChI is InChI=1S/C18H18N2O4S2/c1-13-3-4-15-12-17(6-5-14(15)11-13)20-26(23,24)18-9-7-16(8-10-18)19-25(2,21)22/h3-12,19-20H,1-2H3. The van der Waals surface area contributed by atoms with E-state index in [1.54, 1.807) is 12.1 Å². The van der Waals surface area contributed by atoms with E-state index in [2.05, 4.69) is 9.44 Å². The lowest BCUT2D eigenvalue weighted by molar-refractivity contribution is 0.601. The lowest BCUT2D eigenvalue weighted by atomic mass is 10.1. The highest BCUT2D eigenvalue weighted by atomic mass is 32.2. The van der Waals surface area contributed by atoms with Gasteiger partial charge in [0.05, 0.1) is 11.2 Å². The first-order valence-electron chi connectivity index (χ1n) is 7.73. The topological polar surface area (TPSA) is 92.3 Å². The Morgan fingerprint density at radius 2 is 1.27 bits per heavy atom. The number of nitrogens with one attached hydrogen (secondary N) is 2. The molecule has 6 nitrogen and oxygen atoms in total. The second kappa shape index (κ2) is 6.62. The van der Waals surface area contributed by atoms with Crippen LogP contribution in [0.5, 0.6) is 0 Å². The maximum atomic E-state index is 12.5. The van der Waals surface area contributed by atoms with Crippen LogP contribution in [0.3, 0.4) is 0 Å². The van der Waals surface area contributed by atoms with E-state index >= 15 is 0 Å². The number of sulfonamides is 2. The number of hydrogen-bond donors (Lipinski definition) is 2. The molecule has 0 aromatic heterocycles. The summed E-state index contributed by atoms with van der Waals surface area (Å²) >= 11 is 0. The van der Waals surface area contributed by atoms with E-state index in [0.717, 1.165) is 22.6 Å². The summed E-state index contributed by atoms with van der Waals surface area (Å²) in [6.07, 6.45) is 1.03. The summed E-state index contributed by atoms with van der Waals surface area (Å²) in [4.78, 5) is 0.0422. The molecule has 0 atom stereocenters. The van der Waals surface area contributed by atoms with E-state index in [9.17, 15) is 16.8 Å². The summed E-state index contributed by atoms with van der Waals surface area (Å²) in [5.41, 5.74) is 1.89. The van der Waals surface area contributed by atoms with Gasteiger partial charge < -0.3 is 0 Å². The van der Waals surface area contributed by atoms with Gasteiger partial charge in [0.2, 0.25) is 10.0 Å². The van der Waals surface area contributed by atoms with Crippen LogP contribution in [0.25, 0.3) is 10.8 Å². The molecule has 3 aromatic rings. The minimum atomic E-state index is -3.78. The van der Waals surface area contributed by atoms with Crippen molar-refractivity contribution in [3.63, 3.8) is 0 Å². The lowest BCUT2D eigenvalue weighted by Gasteiger charge is -2.10. The van der Waals surface area contributed by atoms with Crippen molar-refractivity contribution < 1.29 is 16.8 Å². The molecule has 0 radical (unpaired) electrons. The molecule has 0 saturated carbocycles. The van der Waals surface area contributed by atoms with Gasteiger partial charge in [-0.25, -0.2) is 16.8 Å². The first-order valence-corrected chi connectivity index (χ1v) is 11.1. The molecule has 136 valence electrons. The summed E-state index contributed by atoms with van der Waals surface area (Å²) < 4.78 is 52.3. The SMILES string of the molecule is Cc1ccc2cc(NS(=O)(=O)c3ccc(NS(C)(=O)=O)cc3)ccc2c1. The van der Waals surface area contributed by atoms with Crippen LogP contribution in [0.15, 0.2) is 65.6 Å². The quantitative estimate of drug-likeness (QED) is 0.699. The van der Waals surface area contributed by atoms with Gasteiger partial charge in [0.1, 0.15) is 0 Å². The molecule has 0 spiro atoms. The van der Waals surface area contributed by atoms with Crippen molar-refractivity contribution in [3.8, 4) is 0 Å². The number of fused-ring (bicyclic) bond motifs is 1. The van der Waals surface area contributed by atoms with E-state index in [0.29, 0.717) is 11.4 Å². The Morgan fingerprint density at radius 3 is 1.92 bits per heavy atom. The van der Waals surface area contributed by atoms with Crippen molar-refractivity contribution in [3.05, 3.63) is 66.2 Å². The van der Waals surface area contributed by atoms with Gasteiger partial charge in [-0.1, -0.05) is 29.8 Å². The third kappa shape index (κ3) is 4.33. The van der Waals surface area contributed by atoms with Crippen LogP contribution in [0.2, 0.25) is 0 Å². The highest BCUT2D eigenvalue weighted by Gasteiger charge is 2.15. The van der Waals surface area contributed by atoms with Gasteiger partial charge in [-0.05, 0) is 54.1 Å². The smallest absolute Gasteiger partial charge is 0.261 e. The molecule has 3 aromatic carbocycles. The Morgan fingerprint density at radius 1 is 0.692 bits per heavy atom. The maximum Gasteiger partial charge on any atom is 0.261 e. The van der Waals surface area contributed by atoms with Crippen LogP contribution in [-0.4, -0.2) is 23.1 Å². The number of aryl methyl sites for hydroxylation is 1. The molecule has 0 unspecified atom stereocenters. The third-order valence-corrected chi connectivity index (χ3v) is 5.72. The molecule has 0 aliphatic heterocycles. The second-order valence-electron chi connectivity index (χ2n) is 6.07. The molecule has 0 fully saturated rings. The highest BCUT2D eigenvalue weighted by molar-refractivity contribution is 7.92. The highest BCUT2D eigenvalue weighted by Crippen LogP contribution is 2.23. The number of benzene rings is 3. The predicted octanol–water partition coefficient (Wildman–Crippen LogP) is 3.32. The summed E-state index contributed by atoms with van der Waals surface area (Å²) in [6, 6.07) is 16.8. The molecule has 0 saturated heterocycles. The average molecular weight is 390 g/mol. The minimum Gasteiger partial charge on any atom is -0.284 e. The van der Waals surface area contributed by atoms with E-state index in [1.807, 2.05) is 31.2 Å². The Kier molecular flexibility index (Phi) is 4.64. The zero-order valence-corrected chi connectivity index (χ0v) is 15.9. The molecule has 26 heavy (non-hydrogen) atoms. The van der Waals surface area contributed by atoms with E-state index < -0.39 is 20.0 Å². The van der Waals surface area contributed by atoms with E-state index in [4.69, 9.17) is 0 Å². The predicted molar refractivity (Wildman–Crippen MR) is 104 cm³/mol. The zero-order chi connectivity index (χ0) is 18.9. The summed E-state index contributed by atoms with van der Waals surface area (Å²) in [5.74, 6) is 0. The Hall–Kier alpha value is -2.58. The van der Waals surface area contributed by atoms with Crippen molar-refractivity contribution in [1.82, 2.24) is 0 Å². The van der Waals surface area contributed by atoms with Crippen molar-refractivity contribution in [2.75, 3.05) is 15.7 Å². The van der Waals surface area contributed by atoms with Gasteiger partial charge in [0.25, 0.3) is 10.0 Å². The van der Waals surface area contributed by atoms with Crippen molar-refractivity contribution in [1.29, 1.82) is 0 Å². The van der Waals surface area contributed by atoms with Crippen LogP contribution >= 0.6 is 0 Å². The fourth-order valence-electron chi connectivity index (χ4n) is 2.56. The van der Waals surface area contributed by atoms with Crippen molar-refractivity contribution in [2.24, 2.45) is 0 Å². The third-order valence-electron chi connectivity index (χ3n) is 3.72. The molecule has 0 amide bonds. The maximum absolute atomic E-state index is 12.5. The van der Waals surface area contributed by atoms with Gasteiger partial charge >= 0.3 is 0 Å². The van der Waals surface area contributed by atoms with Crippen LogP contribution in [0.4, 0.5) is 11.4 Å². The fourth-order valence-corrected chi connectivity index (χ4v) is 4.17. The molecule has 0 aliphatic rings. The van der Waals surface area contributed by atoms with Gasteiger partial charge in [0.15, 0.2) is 0 Å². The van der Waals surface area contributed by atoms with Crippen molar-refractivity contribution >= 4 is 42.2 Å². The zero-order valence-electron chi connectivity index (χ0n) is 14.2. The first-order chi connectivity index (χ1) is 12.1. The molecule has 3 rings (SSSR count). The second-order valence-corrected chi connectivity index (χ2v) is 9.50. The molecule has 2 N–H and O–H groups in total. The average Bonchev–Trinajstić information content (AvgIpc) is 2.54. The molecule has 0 heterocycles. The summed E-state index contributed by atoms with van der Waals surface area (Å²) in [5, 5.41) is 1.97. The number of hydrogen-bond acceptors (Lipinski definition) is 4. The van der Waals surface area contributed by atoms with Gasteiger partial charge in [0, 0.05) is 11.4 Å². The van der Waals surface area contributed by atoms with E-state index in [1.165, 1.54) is 24.3 Å². The Labute approximate surface area is 153 Å². The van der Waals surface area contributed by atoms with Gasteiger partial charge in [-0.15, -0.1) is 0 Å². The summed E-state index contributed by atoms with van der Waals surface area (Å²) in [6.45, 7) is 2.00. The molecule has 8 heteroatoms. The molecular weight excluding hydrogens is 372 g/mol. The van der Waals surface area contributed by atoms with Crippen LogP contribution in [0, 0.1) is 6.92 Å².